The van der Waals surface area contributed by atoms with Crippen LogP contribution in [-0.4, -0.2) is 27.6 Å². The Balaban J connectivity index is 2.50. The van der Waals surface area contributed by atoms with Crippen LogP contribution in [0.4, 0.5) is 0 Å². The molecule has 0 aromatic carbocycles. The van der Waals surface area contributed by atoms with Crippen molar-refractivity contribution in [3.05, 3.63) is 11.9 Å². The topological polar surface area (TPSA) is 42.7 Å². The second-order valence-electron chi connectivity index (χ2n) is 5.39. The van der Waals surface area contributed by atoms with Crippen LogP contribution in [0.25, 0.3) is 0 Å². The molecule has 4 nitrogen and oxygen atoms in total. The fourth-order valence-corrected chi connectivity index (χ4v) is 2.29. The predicted octanol–water partition coefficient (Wildman–Crippen LogP) is 1.77. The molecular formula is C12H24N4. The summed E-state index contributed by atoms with van der Waals surface area (Å²) in [6.07, 6.45) is 4.13. The van der Waals surface area contributed by atoms with Gasteiger partial charge in [0.25, 0.3) is 0 Å². The van der Waals surface area contributed by atoms with E-state index < -0.39 is 0 Å². The van der Waals surface area contributed by atoms with E-state index in [1.54, 1.807) is 4.68 Å². The number of nitrogens with one attached hydrogen (secondary N) is 1. The van der Waals surface area contributed by atoms with E-state index in [-0.39, 0.29) is 5.41 Å². The lowest BCUT2D eigenvalue weighted by atomic mass is 9.82. The van der Waals surface area contributed by atoms with E-state index in [4.69, 9.17) is 0 Å². The Morgan fingerprint density at radius 1 is 1.50 bits per heavy atom. The molecule has 1 rings (SSSR count). The van der Waals surface area contributed by atoms with Crippen LogP contribution >= 0.6 is 0 Å². The van der Waals surface area contributed by atoms with Crippen LogP contribution in [0.15, 0.2) is 6.20 Å². The van der Waals surface area contributed by atoms with Crippen LogP contribution in [0.3, 0.4) is 0 Å². The van der Waals surface area contributed by atoms with Gasteiger partial charge in [-0.15, -0.1) is 5.10 Å². The summed E-state index contributed by atoms with van der Waals surface area (Å²) in [6.45, 7) is 9.99. The van der Waals surface area contributed by atoms with Crippen molar-refractivity contribution < 1.29 is 0 Å². The van der Waals surface area contributed by atoms with Gasteiger partial charge in [-0.2, -0.15) is 0 Å². The third-order valence-electron chi connectivity index (χ3n) is 2.72. The zero-order chi connectivity index (χ0) is 12.2. The molecule has 1 heterocycles. The molecule has 1 aromatic heterocycles. The average molecular weight is 224 g/mol. The Morgan fingerprint density at radius 2 is 2.19 bits per heavy atom. The zero-order valence-electron chi connectivity index (χ0n) is 11.1. The fourth-order valence-electron chi connectivity index (χ4n) is 2.29. The van der Waals surface area contributed by atoms with Gasteiger partial charge in [-0.05, 0) is 31.7 Å². The highest BCUT2D eigenvalue weighted by atomic mass is 15.4. The molecule has 0 spiro atoms. The normalized spacial score (nSPS) is 14.1. The number of hydrogen-bond acceptors (Lipinski definition) is 3. The molecule has 0 aliphatic rings. The summed E-state index contributed by atoms with van der Waals surface area (Å²) in [4.78, 5) is 0. The molecule has 0 saturated carbocycles. The van der Waals surface area contributed by atoms with Gasteiger partial charge in [-0.3, -0.25) is 4.68 Å². The third kappa shape index (κ3) is 4.31. The number of rotatable bonds is 6. The summed E-state index contributed by atoms with van der Waals surface area (Å²) >= 11 is 0. The van der Waals surface area contributed by atoms with Gasteiger partial charge in [-0.25, -0.2) is 0 Å². The van der Waals surface area contributed by atoms with Crippen molar-refractivity contribution in [2.45, 2.75) is 46.6 Å². The Kier molecular flexibility index (Phi) is 4.47. The maximum Gasteiger partial charge on any atom is 0.0832 e. The molecule has 92 valence electrons. The molecule has 0 saturated heterocycles. The van der Waals surface area contributed by atoms with Crippen molar-refractivity contribution >= 4 is 0 Å². The molecule has 0 amide bonds. The van der Waals surface area contributed by atoms with Crippen molar-refractivity contribution in [1.82, 2.24) is 20.3 Å². The van der Waals surface area contributed by atoms with Gasteiger partial charge in [0.15, 0.2) is 0 Å². The van der Waals surface area contributed by atoms with E-state index in [9.17, 15) is 0 Å². The van der Waals surface area contributed by atoms with Crippen molar-refractivity contribution in [2.24, 2.45) is 12.5 Å². The molecule has 1 unspecified atom stereocenters. The van der Waals surface area contributed by atoms with E-state index in [1.165, 1.54) is 0 Å². The van der Waals surface area contributed by atoms with Gasteiger partial charge in [0, 0.05) is 19.3 Å². The third-order valence-corrected chi connectivity index (χ3v) is 2.72. The van der Waals surface area contributed by atoms with Gasteiger partial charge in [-0.1, -0.05) is 26.0 Å². The highest BCUT2D eigenvalue weighted by molar-refractivity contribution is 4.97. The fraction of sp³-hybridized carbons (Fsp3) is 0.833. The Hall–Kier alpha value is -0.900. The first kappa shape index (κ1) is 13.2. The minimum absolute atomic E-state index is 0.262. The van der Waals surface area contributed by atoms with Crippen LogP contribution in [0.5, 0.6) is 0 Å². The maximum atomic E-state index is 4.15. The lowest BCUT2D eigenvalue weighted by Gasteiger charge is -2.27. The highest BCUT2D eigenvalue weighted by Crippen LogP contribution is 2.26. The summed E-state index contributed by atoms with van der Waals surface area (Å²) in [7, 11) is 1.91. The molecule has 0 fully saturated rings. The number of aryl methyl sites for hydroxylation is 1. The second kappa shape index (κ2) is 5.43. The van der Waals surface area contributed by atoms with Crippen molar-refractivity contribution in [3.8, 4) is 0 Å². The molecule has 1 atom stereocenters. The van der Waals surface area contributed by atoms with Crippen LogP contribution in [0.2, 0.25) is 0 Å². The molecule has 4 heteroatoms. The monoisotopic (exact) mass is 224 g/mol. The minimum Gasteiger partial charge on any atom is -0.315 e. The van der Waals surface area contributed by atoms with Gasteiger partial charge in [0.2, 0.25) is 0 Å². The van der Waals surface area contributed by atoms with Gasteiger partial charge < -0.3 is 5.32 Å². The quantitative estimate of drug-likeness (QED) is 0.801. The Bertz CT molecular complexity index is 317. The first-order chi connectivity index (χ1) is 7.43. The van der Waals surface area contributed by atoms with Crippen LogP contribution in [0.1, 0.15) is 39.8 Å². The molecular weight excluding hydrogens is 200 g/mol. The summed E-state index contributed by atoms with van der Waals surface area (Å²) < 4.78 is 1.76. The largest absolute Gasteiger partial charge is 0.315 e. The van der Waals surface area contributed by atoms with Crippen molar-refractivity contribution in [1.29, 1.82) is 0 Å². The SMILES string of the molecule is CCNC(C)CC(C)(C)Cc1cn(C)nn1. The predicted molar refractivity (Wildman–Crippen MR) is 66.2 cm³/mol. The molecule has 0 aliphatic heterocycles. The van der Waals surface area contributed by atoms with Crippen LogP contribution in [0, 0.1) is 5.41 Å². The second-order valence-corrected chi connectivity index (χ2v) is 5.39. The van der Waals surface area contributed by atoms with Gasteiger partial charge >= 0.3 is 0 Å². The van der Waals surface area contributed by atoms with E-state index in [1.807, 2.05) is 13.2 Å². The number of nitrogens with zero attached hydrogens (tertiary/aromatic N) is 3. The molecule has 0 bridgehead atoms. The lowest BCUT2D eigenvalue weighted by Crippen LogP contribution is -2.32. The Labute approximate surface area is 98.4 Å². The standard InChI is InChI=1S/C12H24N4/c1-6-13-10(2)7-12(3,4)8-11-9-16(5)15-14-11/h9-10,13H,6-8H2,1-5H3. The van der Waals surface area contributed by atoms with E-state index in [0.717, 1.165) is 25.1 Å². The van der Waals surface area contributed by atoms with Crippen LogP contribution in [-0.2, 0) is 13.5 Å². The summed E-state index contributed by atoms with van der Waals surface area (Å²) in [5.41, 5.74) is 1.34. The number of hydrogen-bond donors (Lipinski definition) is 1. The highest BCUT2D eigenvalue weighted by Gasteiger charge is 2.22. The molecule has 1 N–H and O–H groups in total. The van der Waals surface area contributed by atoms with E-state index in [0.29, 0.717) is 6.04 Å². The maximum absolute atomic E-state index is 4.15. The van der Waals surface area contributed by atoms with Crippen LogP contribution < -0.4 is 5.32 Å². The average Bonchev–Trinajstić information content (AvgIpc) is 2.49. The molecule has 1 aromatic rings. The summed E-state index contributed by atoms with van der Waals surface area (Å²) in [5.74, 6) is 0. The van der Waals surface area contributed by atoms with Crippen molar-refractivity contribution in [2.75, 3.05) is 6.54 Å². The molecule has 0 aliphatic carbocycles. The van der Waals surface area contributed by atoms with Gasteiger partial charge in [0.05, 0.1) is 5.69 Å². The first-order valence-corrected chi connectivity index (χ1v) is 6.01. The minimum atomic E-state index is 0.262. The molecule has 16 heavy (non-hydrogen) atoms. The number of aromatic nitrogens is 3. The summed E-state index contributed by atoms with van der Waals surface area (Å²) in [6, 6.07) is 0.552. The summed E-state index contributed by atoms with van der Waals surface area (Å²) in [5, 5.41) is 11.6. The van der Waals surface area contributed by atoms with Crippen molar-refractivity contribution in [3.63, 3.8) is 0 Å². The van der Waals surface area contributed by atoms with E-state index in [2.05, 4.69) is 43.3 Å². The lowest BCUT2D eigenvalue weighted by molar-refractivity contribution is 0.286. The zero-order valence-corrected chi connectivity index (χ0v) is 11.1. The van der Waals surface area contributed by atoms with Gasteiger partial charge in [0.1, 0.15) is 0 Å². The first-order valence-electron chi connectivity index (χ1n) is 6.01. The Morgan fingerprint density at radius 3 is 2.69 bits per heavy atom. The molecule has 0 radical (unpaired) electrons. The van der Waals surface area contributed by atoms with E-state index >= 15 is 0 Å². The smallest absolute Gasteiger partial charge is 0.0832 e.